The first-order valence-corrected chi connectivity index (χ1v) is 10.9. The molecule has 2 aromatic rings. The minimum absolute atomic E-state index is 0.0815. The number of hydrogen-bond acceptors (Lipinski definition) is 8. The maximum atomic E-state index is 12.5. The Morgan fingerprint density at radius 2 is 1.87 bits per heavy atom. The highest BCUT2D eigenvalue weighted by Gasteiger charge is 2.37. The second kappa shape index (κ2) is 7.86. The Balaban J connectivity index is 1.56. The molecular formula is C21H29N7O2. The van der Waals surface area contributed by atoms with Crippen molar-refractivity contribution in [3.05, 3.63) is 34.2 Å². The first-order chi connectivity index (χ1) is 14.6. The van der Waals surface area contributed by atoms with Crippen molar-refractivity contribution >= 4 is 17.8 Å². The summed E-state index contributed by atoms with van der Waals surface area (Å²) in [6.45, 7) is 8.67. The van der Waals surface area contributed by atoms with Gasteiger partial charge in [-0.25, -0.2) is 0 Å². The molecule has 4 aliphatic rings. The molecule has 160 valence electrons. The lowest BCUT2D eigenvalue weighted by molar-refractivity contribution is 0.122. The van der Waals surface area contributed by atoms with Gasteiger partial charge in [-0.2, -0.15) is 15.0 Å². The van der Waals surface area contributed by atoms with Crippen LogP contribution in [-0.4, -0.2) is 58.4 Å². The molecule has 0 radical (unpaired) electrons. The van der Waals surface area contributed by atoms with Gasteiger partial charge in [0.15, 0.2) is 0 Å². The van der Waals surface area contributed by atoms with Gasteiger partial charge in [0, 0.05) is 44.0 Å². The highest BCUT2D eigenvalue weighted by atomic mass is 16.5. The number of morpholine rings is 1. The van der Waals surface area contributed by atoms with E-state index in [0.29, 0.717) is 37.0 Å². The predicted octanol–water partition coefficient (Wildman–Crippen LogP) is 1.66. The molecule has 0 saturated carbocycles. The first kappa shape index (κ1) is 19.3. The fourth-order valence-corrected chi connectivity index (χ4v) is 4.71. The van der Waals surface area contributed by atoms with E-state index in [4.69, 9.17) is 19.7 Å². The van der Waals surface area contributed by atoms with E-state index in [9.17, 15) is 4.79 Å². The Hall–Kier alpha value is -2.68. The number of anilines is 3. The zero-order chi connectivity index (χ0) is 20.7. The molecule has 2 saturated heterocycles. The number of nitrogens with one attached hydrogen (secondary N) is 1. The minimum atomic E-state index is 0.0815. The second-order valence-electron chi connectivity index (χ2n) is 8.67. The van der Waals surface area contributed by atoms with Crippen molar-refractivity contribution in [1.29, 1.82) is 0 Å². The topological polar surface area (TPSA) is 88.4 Å². The van der Waals surface area contributed by atoms with E-state index in [0.717, 1.165) is 44.7 Å². The summed E-state index contributed by atoms with van der Waals surface area (Å²) in [6.07, 6.45) is 2.11. The lowest BCUT2D eigenvalue weighted by Gasteiger charge is -2.37. The van der Waals surface area contributed by atoms with Gasteiger partial charge in [0.1, 0.15) is 0 Å². The number of nitrogens with zero attached hydrogens (tertiary/aromatic N) is 6. The van der Waals surface area contributed by atoms with Crippen LogP contribution in [0.4, 0.5) is 17.8 Å². The van der Waals surface area contributed by atoms with Crippen LogP contribution in [0.5, 0.6) is 0 Å². The molecule has 2 aromatic heterocycles. The number of aromatic nitrogens is 4. The zero-order valence-corrected chi connectivity index (χ0v) is 17.6. The predicted molar refractivity (Wildman–Crippen MR) is 115 cm³/mol. The van der Waals surface area contributed by atoms with Gasteiger partial charge in [-0.05, 0) is 38.7 Å². The van der Waals surface area contributed by atoms with Gasteiger partial charge in [-0.3, -0.25) is 4.79 Å². The summed E-state index contributed by atoms with van der Waals surface area (Å²) in [5.41, 5.74) is 1.15. The molecular weight excluding hydrogens is 382 g/mol. The van der Waals surface area contributed by atoms with Crippen molar-refractivity contribution in [3.63, 3.8) is 0 Å². The smallest absolute Gasteiger partial charge is 0.250 e. The lowest BCUT2D eigenvalue weighted by atomic mass is 9.94. The number of rotatable bonds is 4. The van der Waals surface area contributed by atoms with Gasteiger partial charge >= 0.3 is 0 Å². The minimum Gasteiger partial charge on any atom is -0.378 e. The molecule has 9 heteroatoms. The number of ether oxygens (including phenoxy) is 1. The maximum Gasteiger partial charge on any atom is 0.250 e. The van der Waals surface area contributed by atoms with Crippen molar-refractivity contribution in [2.75, 3.05) is 48.0 Å². The van der Waals surface area contributed by atoms with Gasteiger partial charge in [-0.1, -0.05) is 6.07 Å². The highest BCUT2D eigenvalue weighted by molar-refractivity contribution is 5.48. The van der Waals surface area contributed by atoms with Crippen LogP contribution in [0.2, 0.25) is 0 Å². The SMILES string of the molecule is CC(C)Nc1nc(N2CCOCC2)nc(N2CC3CCC2c2cccc(=O)n2C3)n1. The zero-order valence-electron chi connectivity index (χ0n) is 17.6. The lowest BCUT2D eigenvalue weighted by Crippen LogP contribution is -2.40. The summed E-state index contributed by atoms with van der Waals surface area (Å²) in [4.78, 5) is 31.3. The third-order valence-electron chi connectivity index (χ3n) is 6.13. The van der Waals surface area contributed by atoms with E-state index in [1.54, 1.807) is 6.07 Å². The third-order valence-corrected chi connectivity index (χ3v) is 6.13. The van der Waals surface area contributed by atoms with E-state index < -0.39 is 0 Å². The molecule has 0 aliphatic carbocycles. The second-order valence-corrected chi connectivity index (χ2v) is 8.67. The summed E-state index contributed by atoms with van der Waals surface area (Å²) >= 11 is 0. The van der Waals surface area contributed by atoms with Crippen LogP contribution in [0.3, 0.4) is 0 Å². The fraction of sp³-hybridized carbons (Fsp3) is 0.619. The Kier molecular flexibility index (Phi) is 5.06. The Morgan fingerprint density at radius 3 is 2.67 bits per heavy atom. The highest BCUT2D eigenvalue weighted by Crippen LogP contribution is 2.39. The normalized spacial score (nSPS) is 23.4. The molecule has 9 nitrogen and oxygen atoms in total. The molecule has 2 bridgehead atoms. The van der Waals surface area contributed by atoms with Crippen LogP contribution in [0.1, 0.15) is 38.4 Å². The Morgan fingerprint density at radius 1 is 1.07 bits per heavy atom. The maximum absolute atomic E-state index is 12.5. The molecule has 30 heavy (non-hydrogen) atoms. The molecule has 6 rings (SSSR count). The fourth-order valence-electron chi connectivity index (χ4n) is 4.71. The van der Waals surface area contributed by atoms with Crippen molar-refractivity contribution in [2.45, 2.75) is 45.3 Å². The van der Waals surface area contributed by atoms with Gasteiger partial charge in [0.05, 0.1) is 19.3 Å². The van der Waals surface area contributed by atoms with E-state index in [2.05, 4.69) is 35.0 Å². The van der Waals surface area contributed by atoms with Crippen molar-refractivity contribution in [3.8, 4) is 0 Å². The molecule has 1 N–H and O–H groups in total. The van der Waals surface area contributed by atoms with E-state index in [1.165, 1.54) is 0 Å². The average molecular weight is 412 g/mol. The van der Waals surface area contributed by atoms with Crippen LogP contribution in [0, 0.1) is 5.92 Å². The summed E-state index contributed by atoms with van der Waals surface area (Å²) in [5.74, 6) is 2.39. The van der Waals surface area contributed by atoms with Crippen LogP contribution in [-0.2, 0) is 11.3 Å². The van der Waals surface area contributed by atoms with Gasteiger partial charge in [-0.15, -0.1) is 0 Å². The van der Waals surface area contributed by atoms with E-state index >= 15 is 0 Å². The molecule has 6 heterocycles. The largest absolute Gasteiger partial charge is 0.378 e. The molecule has 4 aliphatic heterocycles. The van der Waals surface area contributed by atoms with Crippen molar-refractivity contribution < 1.29 is 4.74 Å². The number of hydrogen-bond donors (Lipinski definition) is 1. The van der Waals surface area contributed by atoms with Crippen molar-refractivity contribution in [2.24, 2.45) is 5.92 Å². The Bertz CT molecular complexity index is 970. The summed E-state index contributed by atoms with van der Waals surface area (Å²) in [5, 5.41) is 3.35. The van der Waals surface area contributed by atoms with E-state index in [-0.39, 0.29) is 17.6 Å². The van der Waals surface area contributed by atoms with Crippen LogP contribution < -0.4 is 20.7 Å². The van der Waals surface area contributed by atoms with Crippen LogP contribution in [0.15, 0.2) is 23.0 Å². The van der Waals surface area contributed by atoms with Gasteiger partial charge in [0.2, 0.25) is 17.8 Å². The van der Waals surface area contributed by atoms with Crippen LogP contribution in [0.25, 0.3) is 0 Å². The van der Waals surface area contributed by atoms with E-state index in [1.807, 2.05) is 10.6 Å². The Labute approximate surface area is 176 Å². The third kappa shape index (κ3) is 3.62. The monoisotopic (exact) mass is 411 g/mol. The molecule has 2 unspecified atom stereocenters. The summed E-state index contributed by atoms with van der Waals surface area (Å²) in [7, 11) is 0. The molecule has 0 spiro atoms. The number of fused-ring (bicyclic) bond motifs is 2. The molecule has 0 amide bonds. The first-order valence-electron chi connectivity index (χ1n) is 10.9. The molecule has 0 aromatic carbocycles. The van der Waals surface area contributed by atoms with Crippen LogP contribution >= 0.6 is 0 Å². The standard InChI is InChI=1S/C21H29N7O2/c1-14(2)22-19-23-20(26-8-10-30-11-9-26)25-21(24-19)28-13-15-6-7-17(28)16-4-3-5-18(29)27(16)12-15/h3-5,14-15,17H,6-13H2,1-2H3,(H,22,23,24,25). The average Bonchev–Trinajstić information content (AvgIpc) is 3.03. The molecule has 2 fully saturated rings. The molecule has 2 atom stereocenters. The summed E-state index contributed by atoms with van der Waals surface area (Å²) in [6, 6.07) is 5.91. The number of piperidine rings is 1. The number of pyridine rings is 1. The van der Waals surface area contributed by atoms with Gasteiger partial charge in [0.25, 0.3) is 5.56 Å². The van der Waals surface area contributed by atoms with Crippen molar-refractivity contribution in [1.82, 2.24) is 19.5 Å². The quantitative estimate of drug-likeness (QED) is 0.813. The van der Waals surface area contributed by atoms with Gasteiger partial charge < -0.3 is 24.4 Å². The summed E-state index contributed by atoms with van der Waals surface area (Å²) < 4.78 is 7.44.